The van der Waals surface area contributed by atoms with Gasteiger partial charge in [-0.2, -0.15) is 0 Å². The van der Waals surface area contributed by atoms with Gasteiger partial charge in [-0.15, -0.1) is 10.2 Å². The minimum absolute atomic E-state index is 0.383. The van der Waals surface area contributed by atoms with Crippen molar-refractivity contribution >= 4 is 57.1 Å². The third-order valence-electron chi connectivity index (χ3n) is 2.94. The Morgan fingerprint density at radius 1 is 1.17 bits per heavy atom. The summed E-state index contributed by atoms with van der Waals surface area (Å²) in [6.07, 6.45) is 0. The minimum atomic E-state index is 0.383. The SMILES string of the molecule is COc1ccccc1Nc1nnc(SCc2cc(Cl)nc(Cl)c2)s1. The average Bonchev–Trinajstić information content (AvgIpc) is 3.00. The maximum Gasteiger partial charge on any atom is 0.210 e. The molecule has 5 nitrogen and oxygen atoms in total. The van der Waals surface area contributed by atoms with Gasteiger partial charge in [0.2, 0.25) is 5.13 Å². The molecule has 0 aliphatic carbocycles. The maximum absolute atomic E-state index is 5.90. The summed E-state index contributed by atoms with van der Waals surface area (Å²) in [4.78, 5) is 3.93. The summed E-state index contributed by atoms with van der Waals surface area (Å²) < 4.78 is 6.15. The highest BCUT2D eigenvalue weighted by Crippen LogP contribution is 2.33. The summed E-state index contributed by atoms with van der Waals surface area (Å²) in [7, 11) is 1.63. The standard InChI is InChI=1S/C15H12Cl2N4OS2/c1-22-11-5-3-2-4-10(11)18-14-20-21-15(24-14)23-8-9-6-12(16)19-13(17)7-9/h2-7H,8H2,1H3,(H,18,20). The molecule has 1 aromatic carbocycles. The summed E-state index contributed by atoms with van der Waals surface area (Å²) in [5.41, 5.74) is 1.83. The number of ether oxygens (including phenoxy) is 1. The number of anilines is 2. The van der Waals surface area contributed by atoms with Crippen molar-refractivity contribution in [2.45, 2.75) is 10.1 Å². The number of para-hydroxylation sites is 2. The Hall–Kier alpha value is -1.54. The van der Waals surface area contributed by atoms with Gasteiger partial charge in [0.1, 0.15) is 16.1 Å². The van der Waals surface area contributed by atoms with Crippen molar-refractivity contribution in [3.05, 3.63) is 52.3 Å². The molecule has 0 radical (unpaired) electrons. The number of hydrogen-bond acceptors (Lipinski definition) is 7. The number of halogens is 2. The Labute approximate surface area is 157 Å². The molecule has 124 valence electrons. The summed E-state index contributed by atoms with van der Waals surface area (Å²) in [6.45, 7) is 0. The van der Waals surface area contributed by atoms with E-state index in [1.54, 1.807) is 31.0 Å². The van der Waals surface area contributed by atoms with E-state index in [4.69, 9.17) is 27.9 Å². The van der Waals surface area contributed by atoms with Crippen molar-refractivity contribution in [3.63, 3.8) is 0 Å². The third-order valence-corrected chi connectivity index (χ3v) is 5.37. The van der Waals surface area contributed by atoms with Gasteiger partial charge in [-0.25, -0.2) is 4.98 Å². The van der Waals surface area contributed by atoms with Gasteiger partial charge in [0.15, 0.2) is 4.34 Å². The van der Waals surface area contributed by atoms with Crippen molar-refractivity contribution in [1.82, 2.24) is 15.2 Å². The first-order valence-corrected chi connectivity index (χ1v) is 9.38. The van der Waals surface area contributed by atoms with Gasteiger partial charge in [-0.3, -0.25) is 0 Å². The second-order valence-electron chi connectivity index (χ2n) is 4.61. The van der Waals surface area contributed by atoms with Crippen molar-refractivity contribution in [2.24, 2.45) is 0 Å². The summed E-state index contributed by atoms with van der Waals surface area (Å²) in [5, 5.41) is 13.0. The van der Waals surface area contributed by atoms with Gasteiger partial charge in [-0.05, 0) is 29.8 Å². The first-order valence-electron chi connectivity index (χ1n) is 6.82. The molecule has 24 heavy (non-hydrogen) atoms. The van der Waals surface area contributed by atoms with Crippen molar-refractivity contribution < 1.29 is 4.74 Å². The number of methoxy groups -OCH3 is 1. The largest absolute Gasteiger partial charge is 0.495 e. The molecule has 0 bridgehead atoms. The van der Waals surface area contributed by atoms with Crippen molar-refractivity contribution in [3.8, 4) is 5.75 Å². The molecule has 0 spiro atoms. The van der Waals surface area contributed by atoms with E-state index >= 15 is 0 Å². The van der Waals surface area contributed by atoms with E-state index in [1.807, 2.05) is 24.3 Å². The molecule has 1 N–H and O–H groups in total. The van der Waals surface area contributed by atoms with E-state index in [0.29, 0.717) is 21.2 Å². The van der Waals surface area contributed by atoms with E-state index in [9.17, 15) is 0 Å². The molecule has 0 fully saturated rings. The lowest BCUT2D eigenvalue weighted by atomic mass is 10.3. The van der Waals surface area contributed by atoms with Crippen LogP contribution in [-0.4, -0.2) is 22.3 Å². The van der Waals surface area contributed by atoms with Crippen LogP contribution in [0, 0.1) is 0 Å². The Morgan fingerprint density at radius 3 is 2.67 bits per heavy atom. The first-order chi connectivity index (χ1) is 11.6. The Balaban J connectivity index is 1.65. The van der Waals surface area contributed by atoms with Gasteiger partial charge in [0.05, 0.1) is 12.8 Å². The van der Waals surface area contributed by atoms with Crippen LogP contribution in [0.2, 0.25) is 10.3 Å². The lowest BCUT2D eigenvalue weighted by molar-refractivity contribution is 0.417. The number of hydrogen-bond donors (Lipinski definition) is 1. The van der Waals surface area contributed by atoms with Gasteiger partial charge < -0.3 is 10.1 Å². The predicted octanol–water partition coefficient (Wildman–Crippen LogP) is 5.28. The van der Waals surface area contributed by atoms with Crippen LogP contribution in [0.25, 0.3) is 0 Å². The number of thioether (sulfide) groups is 1. The van der Waals surface area contributed by atoms with Crippen LogP contribution in [0.5, 0.6) is 5.75 Å². The van der Waals surface area contributed by atoms with Crippen molar-refractivity contribution in [2.75, 3.05) is 12.4 Å². The normalized spacial score (nSPS) is 10.6. The molecule has 0 saturated carbocycles. The second kappa shape index (κ2) is 8.02. The fraction of sp³-hybridized carbons (Fsp3) is 0.133. The zero-order valence-corrected chi connectivity index (χ0v) is 15.6. The smallest absolute Gasteiger partial charge is 0.210 e. The zero-order chi connectivity index (χ0) is 16.9. The van der Waals surface area contributed by atoms with E-state index in [1.165, 1.54) is 11.3 Å². The lowest BCUT2D eigenvalue weighted by Gasteiger charge is -2.07. The van der Waals surface area contributed by atoms with Crippen LogP contribution >= 0.6 is 46.3 Å². The molecule has 0 amide bonds. The molecule has 9 heteroatoms. The Bertz CT molecular complexity index is 824. The second-order valence-corrected chi connectivity index (χ2v) is 7.58. The highest BCUT2D eigenvalue weighted by atomic mass is 35.5. The monoisotopic (exact) mass is 398 g/mol. The number of aromatic nitrogens is 3. The first kappa shape index (κ1) is 17.3. The van der Waals surface area contributed by atoms with Gasteiger partial charge in [0.25, 0.3) is 0 Å². The molecule has 0 saturated heterocycles. The summed E-state index contributed by atoms with van der Waals surface area (Å²) >= 11 is 14.8. The fourth-order valence-corrected chi connectivity index (χ4v) is 4.12. The Morgan fingerprint density at radius 2 is 1.92 bits per heavy atom. The molecule has 0 atom stereocenters. The summed E-state index contributed by atoms with van der Waals surface area (Å²) in [6, 6.07) is 11.2. The molecule has 2 aromatic heterocycles. The van der Waals surface area contributed by atoms with Crippen LogP contribution in [-0.2, 0) is 5.75 Å². The lowest BCUT2D eigenvalue weighted by Crippen LogP contribution is -1.93. The minimum Gasteiger partial charge on any atom is -0.495 e. The van der Waals surface area contributed by atoms with Crippen LogP contribution < -0.4 is 10.1 Å². The Kier molecular flexibility index (Phi) is 5.78. The highest BCUT2D eigenvalue weighted by Gasteiger charge is 2.09. The van der Waals surface area contributed by atoms with E-state index in [-0.39, 0.29) is 0 Å². The number of nitrogens with one attached hydrogen (secondary N) is 1. The zero-order valence-electron chi connectivity index (χ0n) is 12.5. The molecule has 0 aliphatic rings. The number of pyridine rings is 1. The van der Waals surface area contributed by atoms with Crippen LogP contribution in [0.4, 0.5) is 10.8 Å². The number of nitrogens with zero attached hydrogens (tertiary/aromatic N) is 3. The maximum atomic E-state index is 5.90. The van der Waals surface area contributed by atoms with Crippen LogP contribution in [0.1, 0.15) is 5.56 Å². The molecular weight excluding hydrogens is 387 g/mol. The van der Waals surface area contributed by atoms with Crippen LogP contribution in [0.15, 0.2) is 40.7 Å². The fourth-order valence-electron chi connectivity index (χ4n) is 1.92. The summed E-state index contributed by atoms with van der Waals surface area (Å²) in [5.74, 6) is 1.44. The van der Waals surface area contributed by atoms with Gasteiger partial charge in [-0.1, -0.05) is 58.4 Å². The van der Waals surface area contributed by atoms with Gasteiger partial charge in [0, 0.05) is 5.75 Å². The van der Waals surface area contributed by atoms with Crippen molar-refractivity contribution in [1.29, 1.82) is 0 Å². The highest BCUT2D eigenvalue weighted by molar-refractivity contribution is 8.00. The predicted molar refractivity (Wildman–Crippen MR) is 100 cm³/mol. The molecule has 3 rings (SSSR count). The van der Waals surface area contributed by atoms with E-state index in [0.717, 1.165) is 21.3 Å². The molecule has 2 heterocycles. The average molecular weight is 399 g/mol. The number of benzene rings is 1. The molecule has 0 aliphatic heterocycles. The quantitative estimate of drug-likeness (QED) is 0.449. The van der Waals surface area contributed by atoms with Crippen LogP contribution in [0.3, 0.4) is 0 Å². The molecular formula is C15H12Cl2N4OS2. The van der Waals surface area contributed by atoms with E-state index in [2.05, 4.69) is 20.5 Å². The molecule has 3 aromatic rings. The van der Waals surface area contributed by atoms with E-state index < -0.39 is 0 Å². The molecule has 0 unspecified atom stereocenters. The third kappa shape index (κ3) is 4.51. The van der Waals surface area contributed by atoms with Gasteiger partial charge >= 0.3 is 0 Å². The number of rotatable bonds is 6. The topological polar surface area (TPSA) is 59.9 Å².